The summed E-state index contributed by atoms with van der Waals surface area (Å²) in [7, 11) is 0. The van der Waals surface area contributed by atoms with Crippen LogP contribution in [-0.2, 0) is 0 Å². The fourth-order valence-electron chi connectivity index (χ4n) is 3.88. The summed E-state index contributed by atoms with van der Waals surface area (Å²) in [6.07, 6.45) is 4.56. The quantitative estimate of drug-likeness (QED) is 0.230. The smallest absolute Gasteiger partial charge is 0.231 e. The number of benzene rings is 3. The Bertz CT molecular complexity index is 1360. The first kappa shape index (κ1) is 21.7. The van der Waals surface area contributed by atoms with Crippen molar-refractivity contribution in [3.63, 3.8) is 0 Å². The van der Waals surface area contributed by atoms with Gasteiger partial charge in [0.25, 0.3) is 0 Å². The number of carbonyl (C=O) groups is 1. The molecule has 0 N–H and O–H groups in total. The van der Waals surface area contributed by atoms with Gasteiger partial charge in [0.15, 0.2) is 11.4 Å². The second kappa shape index (κ2) is 9.40. The van der Waals surface area contributed by atoms with Crippen LogP contribution in [0.4, 0.5) is 0 Å². The van der Waals surface area contributed by atoms with E-state index in [1.165, 1.54) is 0 Å². The fraction of sp³-hybridized carbons (Fsp3) is 0.172. The molecule has 0 saturated heterocycles. The van der Waals surface area contributed by atoms with Crippen LogP contribution < -0.4 is 9.47 Å². The lowest BCUT2D eigenvalue weighted by molar-refractivity contribution is 0.105. The van der Waals surface area contributed by atoms with Crippen molar-refractivity contribution in [1.29, 1.82) is 0 Å². The molecule has 0 amide bonds. The summed E-state index contributed by atoms with van der Waals surface area (Å²) in [5, 5.41) is 0. The predicted octanol–water partition coefficient (Wildman–Crippen LogP) is 6.75. The van der Waals surface area contributed by atoms with Crippen molar-refractivity contribution >= 4 is 28.5 Å². The van der Waals surface area contributed by atoms with Gasteiger partial charge in [-0.25, -0.2) is 4.98 Å². The molecule has 170 valence electrons. The van der Waals surface area contributed by atoms with Crippen molar-refractivity contribution in [3.05, 3.63) is 101 Å². The van der Waals surface area contributed by atoms with Crippen LogP contribution in [0.1, 0.15) is 42.1 Å². The lowest BCUT2D eigenvalue weighted by Crippen LogP contribution is -2.18. The Balaban J connectivity index is 1.58. The van der Waals surface area contributed by atoms with Crippen LogP contribution in [0.25, 0.3) is 22.7 Å². The van der Waals surface area contributed by atoms with Crippen molar-refractivity contribution in [1.82, 2.24) is 4.98 Å². The molecule has 5 nitrogen and oxygen atoms in total. The van der Waals surface area contributed by atoms with Gasteiger partial charge in [-0.05, 0) is 73.5 Å². The third-order valence-electron chi connectivity index (χ3n) is 5.68. The second-order valence-corrected chi connectivity index (χ2v) is 8.19. The highest BCUT2D eigenvalue weighted by molar-refractivity contribution is 6.28. The summed E-state index contributed by atoms with van der Waals surface area (Å²) < 4.78 is 17.8. The van der Waals surface area contributed by atoms with Gasteiger partial charge in [0.2, 0.25) is 5.89 Å². The van der Waals surface area contributed by atoms with Crippen molar-refractivity contribution in [2.75, 3.05) is 6.61 Å². The van der Waals surface area contributed by atoms with Gasteiger partial charge in [-0.2, -0.15) is 0 Å². The maximum atomic E-state index is 13.7. The standard InChI is InChI=1S/C29H25NO4/c1-3-16-32-23-14-12-20(13-15-23)28(31)24(29-30-25-9-5-7-11-27(25)34-29)18-22-17-21-8-4-6-10-26(21)33-19(22)2/h4-15,17-19H,3,16H2,1-2H3/b24-18-/t19-/m1/s1. The van der Waals surface area contributed by atoms with E-state index in [1.54, 1.807) is 12.1 Å². The van der Waals surface area contributed by atoms with Crippen molar-refractivity contribution in [2.45, 2.75) is 26.4 Å². The molecule has 1 atom stereocenters. The maximum absolute atomic E-state index is 13.7. The predicted molar refractivity (Wildman–Crippen MR) is 133 cm³/mol. The number of ether oxygens (including phenoxy) is 2. The van der Waals surface area contributed by atoms with Gasteiger partial charge in [-0.3, -0.25) is 4.79 Å². The largest absolute Gasteiger partial charge is 0.494 e. The van der Waals surface area contributed by atoms with Crippen molar-refractivity contribution in [3.8, 4) is 11.5 Å². The fourth-order valence-corrected chi connectivity index (χ4v) is 3.88. The molecule has 0 aliphatic carbocycles. The van der Waals surface area contributed by atoms with E-state index < -0.39 is 0 Å². The van der Waals surface area contributed by atoms with Crippen LogP contribution in [0, 0.1) is 0 Å². The van der Waals surface area contributed by atoms with E-state index in [2.05, 4.69) is 11.9 Å². The van der Waals surface area contributed by atoms with Crippen molar-refractivity contribution in [2.24, 2.45) is 0 Å². The zero-order chi connectivity index (χ0) is 23.5. The van der Waals surface area contributed by atoms with E-state index >= 15 is 0 Å². The Morgan fingerprint density at radius 3 is 2.59 bits per heavy atom. The molecule has 1 aliphatic heterocycles. The van der Waals surface area contributed by atoms with Gasteiger partial charge in [0, 0.05) is 11.1 Å². The monoisotopic (exact) mass is 451 g/mol. The Morgan fingerprint density at radius 2 is 1.79 bits per heavy atom. The Hall–Kier alpha value is -4.12. The summed E-state index contributed by atoms with van der Waals surface area (Å²) >= 11 is 0. The van der Waals surface area contributed by atoms with Gasteiger partial charge in [-0.15, -0.1) is 0 Å². The average molecular weight is 452 g/mol. The first-order valence-electron chi connectivity index (χ1n) is 11.4. The number of fused-ring (bicyclic) bond motifs is 2. The number of Topliss-reactive ketones (excluding diaryl/α,β-unsaturated/α-hetero) is 1. The molecular formula is C29H25NO4. The highest BCUT2D eigenvalue weighted by Crippen LogP contribution is 2.33. The third-order valence-corrected chi connectivity index (χ3v) is 5.68. The lowest BCUT2D eigenvalue weighted by atomic mass is 9.96. The summed E-state index contributed by atoms with van der Waals surface area (Å²) in [6, 6.07) is 22.5. The van der Waals surface area contributed by atoms with E-state index in [4.69, 9.17) is 13.9 Å². The number of para-hydroxylation sites is 3. The van der Waals surface area contributed by atoms with Gasteiger partial charge in [-0.1, -0.05) is 37.3 Å². The molecule has 3 aromatic carbocycles. The Labute approximate surface area is 198 Å². The van der Waals surface area contributed by atoms with E-state index in [9.17, 15) is 4.79 Å². The normalized spacial score (nSPS) is 15.4. The first-order chi connectivity index (χ1) is 16.6. The molecular weight excluding hydrogens is 426 g/mol. The first-order valence-corrected chi connectivity index (χ1v) is 11.4. The van der Waals surface area contributed by atoms with Gasteiger partial charge < -0.3 is 13.9 Å². The maximum Gasteiger partial charge on any atom is 0.231 e. The minimum Gasteiger partial charge on any atom is -0.494 e. The van der Waals surface area contributed by atoms with Gasteiger partial charge in [0.1, 0.15) is 23.1 Å². The molecule has 1 aliphatic rings. The second-order valence-electron chi connectivity index (χ2n) is 8.19. The molecule has 2 heterocycles. The lowest BCUT2D eigenvalue weighted by Gasteiger charge is -2.23. The van der Waals surface area contributed by atoms with Gasteiger partial charge in [0.05, 0.1) is 12.2 Å². The molecule has 0 radical (unpaired) electrons. The molecule has 5 rings (SSSR count). The topological polar surface area (TPSA) is 61.6 Å². The minimum absolute atomic E-state index is 0.180. The molecule has 0 fully saturated rings. The number of oxazole rings is 1. The molecule has 0 bridgehead atoms. The van der Waals surface area contributed by atoms with Crippen LogP contribution in [-0.4, -0.2) is 23.5 Å². The van der Waals surface area contributed by atoms with Crippen molar-refractivity contribution < 1.29 is 18.7 Å². The van der Waals surface area contributed by atoms with E-state index in [0.29, 0.717) is 28.8 Å². The number of allylic oxidation sites excluding steroid dienone is 1. The molecule has 0 spiro atoms. The summed E-state index contributed by atoms with van der Waals surface area (Å²) in [6.45, 7) is 4.65. The molecule has 5 heteroatoms. The number of aromatic nitrogens is 1. The number of hydrogen-bond acceptors (Lipinski definition) is 5. The third kappa shape index (κ3) is 4.37. The Kier molecular flexibility index (Phi) is 6.00. The molecule has 4 aromatic rings. The zero-order valence-corrected chi connectivity index (χ0v) is 19.2. The molecule has 0 saturated carbocycles. The van der Waals surface area contributed by atoms with Crippen LogP contribution in [0.3, 0.4) is 0 Å². The molecule has 1 aromatic heterocycles. The number of nitrogens with zero attached hydrogens (tertiary/aromatic N) is 1. The van der Waals surface area contributed by atoms with Crippen LogP contribution >= 0.6 is 0 Å². The van der Waals surface area contributed by atoms with E-state index in [-0.39, 0.29) is 17.8 Å². The molecule has 0 unspecified atom stereocenters. The number of hydrogen-bond donors (Lipinski definition) is 0. The number of rotatable bonds is 7. The minimum atomic E-state index is -0.230. The zero-order valence-electron chi connectivity index (χ0n) is 19.2. The molecule has 34 heavy (non-hydrogen) atoms. The van der Waals surface area contributed by atoms with E-state index in [1.807, 2.05) is 79.7 Å². The van der Waals surface area contributed by atoms with Crippen LogP contribution in [0.2, 0.25) is 0 Å². The summed E-state index contributed by atoms with van der Waals surface area (Å²) in [5.74, 6) is 1.66. The SMILES string of the molecule is CCCOc1ccc(C(=O)/C(=C/C2=Cc3ccccc3O[C@@H]2C)c2nc3ccccc3o2)cc1. The Morgan fingerprint density at radius 1 is 1.03 bits per heavy atom. The van der Waals surface area contributed by atoms with Crippen LogP contribution in [0.5, 0.6) is 11.5 Å². The summed E-state index contributed by atoms with van der Waals surface area (Å²) in [4.78, 5) is 18.3. The van der Waals surface area contributed by atoms with E-state index in [0.717, 1.165) is 29.1 Å². The number of ketones is 1. The average Bonchev–Trinajstić information content (AvgIpc) is 3.30. The number of carbonyl (C=O) groups excluding carboxylic acids is 1. The van der Waals surface area contributed by atoms with Gasteiger partial charge >= 0.3 is 0 Å². The highest BCUT2D eigenvalue weighted by Gasteiger charge is 2.24. The summed E-state index contributed by atoms with van der Waals surface area (Å²) in [5.41, 5.74) is 4.07. The van der Waals surface area contributed by atoms with Crippen LogP contribution in [0.15, 0.2) is 88.9 Å². The highest BCUT2D eigenvalue weighted by atomic mass is 16.5.